The Hall–Kier alpha value is -2.87. The first kappa shape index (κ1) is 25.7. The minimum atomic E-state index is -0.266. The summed E-state index contributed by atoms with van der Waals surface area (Å²) < 4.78 is 19.1. The highest BCUT2D eigenvalue weighted by molar-refractivity contribution is 7.97. The van der Waals surface area contributed by atoms with E-state index in [9.17, 15) is 0 Å². The summed E-state index contributed by atoms with van der Waals surface area (Å²) in [7, 11) is 3.36. The van der Waals surface area contributed by atoms with Crippen molar-refractivity contribution in [3.8, 4) is 11.5 Å². The van der Waals surface area contributed by atoms with Gasteiger partial charge in [-0.3, -0.25) is 0 Å². The second kappa shape index (κ2) is 13.1. The van der Waals surface area contributed by atoms with E-state index >= 15 is 0 Å². The van der Waals surface area contributed by atoms with Crippen LogP contribution >= 0.6 is 11.9 Å². The first-order chi connectivity index (χ1) is 16.5. The predicted molar refractivity (Wildman–Crippen MR) is 138 cm³/mol. The van der Waals surface area contributed by atoms with Crippen molar-refractivity contribution in [1.29, 1.82) is 0 Å². The molecule has 0 aliphatic carbocycles. The molecule has 0 bridgehead atoms. The van der Waals surface area contributed by atoms with E-state index < -0.39 is 0 Å². The number of methoxy groups -OCH3 is 2. The molecule has 0 radical (unpaired) electrons. The fraction of sp³-hybridized carbons (Fsp3) is 0.333. The van der Waals surface area contributed by atoms with Gasteiger partial charge in [-0.05, 0) is 54.8 Å². The number of aryl methyl sites for hydroxylation is 1. The van der Waals surface area contributed by atoms with Crippen LogP contribution in [0.25, 0.3) is 0 Å². The molecule has 6 nitrogen and oxygen atoms in total. The van der Waals surface area contributed by atoms with Gasteiger partial charge in [0.25, 0.3) is 0 Å². The van der Waals surface area contributed by atoms with E-state index in [-0.39, 0.29) is 11.4 Å². The minimum Gasteiger partial charge on any atom is -0.497 e. The van der Waals surface area contributed by atoms with Crippen LogP contribution in [0.15, 0.2) is 73.6 Å². The number of hydrogen-bond donors (Lipinski definition) is 0. The molecule has 0 fully saturated rings. The van der Waals surface area contributed by atoms with Crippen LogP contribution in [0.1, 0.15) is 35.5 Å². The maximum absolute atomic E-state index is 6.12. The Balaban J connectivity index is 1.81. The minimum absolute atomic E-state index is 0.0687. The molecule has 0 aliphatic heterocycles. The van der Waals surface area contributed by atoms with Crippen LogP contribution in [0.2, 0.25) is 0 Å². The lowest BCUT2D eigenvalue weighted by Crippen LogP contribution is -2.25. The van der Waals surface area contributed by atoms with Crippen LogP contribution in [0, 0.1) is 6.92 Å². The number of rotatable bonds is 13. The Morgan fingerprint density at radius 3 is 1.85 bits per heavy atom. The largest absolute Gasteiger partial charge is 0.497 e. The highest BCUT2D eigenvalue weighted by atomic mass is 32.2. The second-order valence-corrected chi connectivity index (χ2v) is 9.44. The van der Waals surface area contributed by atoms with Gasteiger partial charge in [-0.1, -0.05) is 42.3 Å². The highest BCUT2D eigenvalue weighted by Gasteiger charge is 2.26. The fourth-order valence-electron chi connectivity index (χ4n) is 3.43. The van der Waals surface area contributed by atoms with Crippen molar-refractivity contribution < 1.29 is 14.2 Å². The van der Waals surface area contributed by atoms with Crippen LogP contribution in [0.4, 0.5) is 0 Å². The number of hydrogen-bond acceptors (Lipinski definition) is 7. The molecule has 3 aromatic rings. The third-order valence-electron chi connectivity index (χ3n) is 5.23. The average Bonchev–Trinajstić information content (AvgIpc) is 2.86. The fourth-order valence-corrected chi connectivity index (χ4v) is 4.66. The summed E-state index contributed by atoms with van der Waals surface area (Å²) in [6.45, 7) is 9.88. The number of nitrogens with zero attached hydrogens (tertiary/aromatic N) is 3. The SMILES string of the molecule is C=CCO[C@H](c1ncc(C)cn1)[C@H](C)SN(Cc1ccc(OC)cc1)Cc1ccc(OC)cc1. The zero-order valence-electron chi connectivity index (χ0n) is 20.3. The van der Waals surface area contributed by atoms with Crippen molar-refractivity contribution >= 4 is 11.9 Å². The Kier molecular flexibility index (Phi) is 9.94. The van der Waals surface area contributed by atoms with Crippen LogP contribution < -0.4 is 9.47 Å². The lowest BCUT2D eigenvalue weighted by Gasteiger charge is -2.29. The van der Waals surface area contributed by atoms with Gasteiger partial charge in [-0.15, -0.1) is 6.58 Å². The van der Waals surface area contributed by atoms with E-state index in [2.05, 4.69) is 52.0 Å². The summed E-state index contributed by atoms with van der Waals surface area (Å²) in [5.74, 6) is 2.38. The molecular weight excluding hydrogens is 446 g/mol. The standard InChI is InChI=1S/C27H33N3O3S/c1-6-15-33-26(27-28-16-20(2)17-29-27)21(3)34-30(18-22-7-11-24(31-4)12-8-22)19-23-9-13-25(32-5)14-10-23/h6-14,16-17,21,26H,1,15,18-19H2,2-5H3/t21-,26-/m0/s1. The van der Waals surface area contributed by atoms with Gasteiger partial charge in [-0.25, -0.2) is 14.3 Å². The summed E-state index contributed by atoms with van der Waals surface area (Å²) in [5, 5.41) is 0.0687. The molecule has 0 aliphatic rings. The normalized spacial score (nSPS) is 12.9. The number of benzene rings is 2. The van der Waals surface area contributed by atoms with Crippen LogP contribution in [-0.2, 0) is 17.8 Å². The summed E-state index contributed by atoms with van der Waals surface area (Å²) in [4.78, 5) is 9.07. The predicted octanol–water partition coefficient (Wildman–Crippen LogP) is 5.79. The molecule has 34 heavy (non-hydrogen) atoms. The average molecular weight is 480 g/mol. The van der Waals surface area contributed by atoms with Gasteiger partial charge < -0.3 is 14.2 Å². The second-order valence-electron chi connectivity index (χ2n) is 7.97. The van der Waals surface area contributed by atoms with E-state index in [0.717, 1.165) is 30.2 Å². The van der Waals surface area contributed by atoms with Crippen LogP contribution in [0.3, 0.4) is 0 Å². The summed E-state index contributed by atoms with van der Waals surface area (Å²) in [6.07, 6.45) is 5.15. The monoisotopic (exact) mass is 479 g/mol. The van der Waals surface area contributed by atoms with Gasteiger partial charge >= 0.3 is 0 Å². The van der Waals surface area contributed by atoms with E-state index in [1.54, 1.807) is 32.2 Å². The summed E-state index contributed by atoms with van der Waals surface area (Å²) in [5.41, 5.74) is 3.42. The zero-order chi connectivity index (χ0) is 24.3. The topological polar surface area (TPSA) is 56.7 Å². The molecular formula is C27H33N3O3S. The molecule has 0 amide bonds. The molecule has 2 aromatic carbocycles. The van der Waals surface area contributed by atoms with Crippen molar-refractivity contribution in [1.82, 2.24) is 14.3 Å². The maximum atomic E-state index is 6.12. The van der Waals surface area contributed by atoms with E-state index in [0.29, 0.717) is 12.4 Å². The lowest BCUT2D eigenvalue weighted by atomic mass is 10.2. The Labute approximate surface area is 207 Å². The highest BCUT2D eigenvalue weighted by Crippen LogP contribution is 2.33. The molecule has 0 saturated carbocycles. The Morgan fingerprint density at radius 2 is 1.41 bits per heavy atom. The van der Waals surface area contributed by atoms with Crippen LogP contribution in [0.5, 0.6) is 11.5 Å². The molecule has 0 unspecified atom stereocenters. The summed E-state index contributed by atoms with van der Waals surface area (Å²) >= 11 is 1.74. The molecule has 180 valence electrons. The van der Waals surface area contributed by atoms with Gasteiger partial charge in [0.2, 0.25) is 0 Å². The molecule has 0 saturated heterocycles. The van der Waals surface area contributed by atoms with Gasteiger partial charge in [0, 0.05) is 25.5 Å². The van der Waals surface area contributed by atoms with Crippen molar-refractivity contribution in [2.75, 3.05) is 20.8 Å². The van der Waals surface area contributed by atoms with E-state index in [4.69, 9.17) is 14.2 Å². The van der Waals surface area contributed by atoms with Gasteiger partial charge in [-0.2, -0.15) is 0 Å². The first-order valence-corrected chi connectivity index (χ1v) is 12.0. The number of aromatic nitrogens is 2. The molecule has 7 heteroatoms. The number of ether oxygens (including phenoxy) is 3. The van der Waals surface area contributed by atoms with Crippen molar-refractivity contribution in [3.05, 3.63) is 96.1 Å². The summed E-state index contributed by atoms with van der Waals surface area (Å²) in [6, 6.07) is 16.4. The molecule has 1 aromatic heterocycles. The Morgan fingerprint density at radius 1 is 0.912 bits per heavy atom. The lowest BCUT2D eigenvalue weighted by molar-refractivity contribution is 0.0681. The molecule has 0 N–H and O–H groups in total. The van der Waals surface area contributed by atoms with Gasteiger partial charge in [0.05, 0.1) is 26.1 Å². The van der Waals surface area contributed by atoms with E-state index in [1.165, 1.54) is 11.1 Å². The Bertz CT molecular complexity index is 961. The third-order valence-corrected chi connectivity index (χ3v) is 6.36. The quantitative estimate of drug-likeness (QED) is 0.227. The third kappa shape index (κ3) is 7.58. The van der Waals surface area contributed by atoms with Crippen molar-refractivity contribution in [2.45, 2.75) is 38.3 Å². The maximum Gasteiger partial charge on any atom is 0.158 e. The molecule has 0 spiro atoms. The molecule has 2 atom stereocenters. The van der Waals surface area contributed by atoms with Crippen LogP contribution in [-0.4, -0.2) is 40.3 Å². The zero-order valence-corrected chi connectivity index (χ0v) is 21.1. The van der Waals surface area contributed by atoms with Crippen molar-refractivity contribution in [3.63, 3.8) is 0 Å². The van der Waals surface area contributed by atoms with Crippen molar-refractivity contribution in [2.24, 2.45) is 0 Å². The smallest absolute Gasteiger partial charge is 0.158 e. The van der Waals surface area contributed by atoms with Gasteiger partial charge in [0.15, 0.2) is 5.82 Å². The molecule has 1 heterocycles. The first-order valence-electron chi connectivity index (χ1n) is 11.2. The molecule has 3 rings (SSSR count). The van der Waals surface area contributed by atoms with E-state index in [1.807, 2.05) is 43.6 Å². The van der Waals surface area contributed by atoms with Gasteiger partial charge in [0.1, 0.15) is 17.6 Å².